The Morgan fingerprint density at radius 1 is 0.517 bits per heavy atom. The number of esters is 2. The van der Waals surface area contributed by atoms with Crippen molar-refractivity contribution in [1.82, 2.24) is 9.80 Å². The number of anilines is 2. The molecule has 488 valence electrons. The summed E-state index contributed by atoms with van der Waals surface area (Å²) in [6.45, 7) is 21.7. The molecule has 0 saturated heterocycles. The van der Waals surface area contributed by atoms with Crippen molar-refractivity contribution in [2.45, 2.75) is 220 Å². The van der Waals surface area contributed by atoms with Crippen LogP contribution in [0, 0.1) is 11.6 Å². The minimum absolute atomic E-state index is 0.00580. The molecule has 0 unspecified atom stereocenters. The summed E-state index contributed by atoms with van der Waals surface area (Å²) in [5.74, 6) is -0.283. The number of carbonyl (C=O) groups is 6. The average Bonchev–Trinajstić information content (AvgIpc) is 2.05. The van der Waals surface area contributed by atoms with Gasteiger partial charge in [-0.3, -0.25) is 29.0 Å². The Bertz CT molecular complexity index is 3070. The molecule has 89 heavy (non-hydrogen) atoms. The minimum Gasteiger partial charge on any atom is -0.508 e. The third kappa shape index (κ3) is 22.9. The molecule has 4 aromatic rings. The van der Waals surface area contributed by atoms with E-state index in [9.17, 15) is 42.7 Å². The number of phenols is 1. The lowest BCUT2D eigenvalue weighted by Gasteiger charge is -2.29. The highest BCUT2D eigenvalue weighted by atomic mass is 19.1. The van der Waals surface area contributed by atoms with Gasteiger partial charge in [-0.1, -0.05) is 62.8 Å². The number of nitrogens with zero attached hydrogens (tertiary/aromatic N) is 4. The lowest BCUT2D eigenvalue weighted by atomic mass is 9.83. The highest BCUT2D eigenvalue weighted by molar-refractivity contribution is 5.99. The normalized spacial score (nSPS) is 15.3. The lowest BCUT2D eigenvalue weighted by molar-refractivity contribution is -0.156. The van der Waals surface area contributed by atoms with E-state index in [-0.39, 0.29) is 81.4 Å². The molecule has 8 rings (SSSR count). The third-order valence-corrected chi connectivity index (χ3v) is 15.3. The summed E-state index contributed by atoms with van der Waals surface area (Å²) in [4.78, 5) is 82.1. The molecular weight excluding hydrogens is 1140 g/mol. The first-order valence-electron chi connectivity index (χ1n) is 31.5. The van der Waals surface area contributed by atoms with Gasteiger partial charge >= 0.3 is 24.1 Å². The second-order valence-electron chi connectivity index (χ2n) is 27.5. The number of ether oxygens (including phenoxy) is 5. The number of carbonyl (C=O) groups excluding carboxylic acids is 6. The molecule has 0 atom stereocenters. The zero-order chi connectivity index (χ0) is 65.4. The van der Waals surface area contributed by atoms with Gasteiger partial charge in [0.1, 0.15) is 65.2 Å². The van der Waals surface area contributed by atoms with Gasteiger partial charge in [-0.05, 0) is 215 Å². The smallest absolute Gasteiger partial charge is 0.410 e. The Labute approximate surface area is 525 Å². The Morgan fingerprint density at radius 2 is 0.921 bits per heavy atom. The largest absolute Gasteiger partial charge is 0.508 e. The van der Waals surface area contributed by atoms with Gasteiger partial charge in [0.05, 0.1) is 19.4 Å². The maximum absolute atomic E-state index is 14.9. The third-order valence-electron chi connectivity index (χ3n) is 15.3. The molecule has 19 heteroatoms. The summed E-state index contributed by atoms with van der Waals surface area (Å²) < 4.78 is 56.2. The van der Waals surface area contributed by atoms with Crippen LogP contribution in [0.25, 0.3) is 0 Å². The predicted molar refractivity (Wildman–Crippen MR) is 338 cm³/mol. The Morgan fingerprint density at radius 3 is 1.34 bits per heavy atom. The second kappa shape index (κ2) is 31.4. The average molecular weight is 1240 g/mol. The van der Waals surface area contributed by atoms with Gasteiger partial charge in [-0.25, -0.2) is 18.4 Å². The van der Waals surface area contributed by atoms with Crippen LogP contribution in [0.3, 0.4) is 0 Å². The Kier molecular flexibility index (Phi) is 25.0. The van der Waals surface area contributed by atoms with E-state index in [2.05, 4.69) is 0 Å². The summed E-state index contributed by atoms with van der Waals surface area (Å²) in [5, 5.41) is 18.5. The van der Waals surface area contributed by atoms with Gasteiger partial charge in [0.25, 0.3) is 0 Å². The van der Waals surface area contributed by atoms with Gasteiger partial charge in [-0.15, -0.1) is 0 Å². The van der Waals surface area contributed by atoms with E-state index in [0.29, 0.717) is 54.8 Å². The second-order valence-corrected chi connectivity index (χ2v) is 27.5. The van der Waals surface area contributed by atoms with E-state index in [1.807, 2.05) is 36.4 Å². The van der Waals surface area contributed by atoms with Crippen LogP contribution in [-0.2, 0) is 64.2 Å². The number of amides is 4. The molecule has 0 radical (unpaired) electrons. The zero-order valence-corrected chi connectivity index (χ0v) is 54.6. The first-order valence-corrected chi connectivity index (χ1v) is 31.5. The SMILES string of the molecule is CC(C)(C)OC(=O)CCN(CC(=O)N1CCc2cc(O)ccc21)C(=O)OC(C)(C)C.CC(C)(C)OC(=O)CCN(CC(=O)N1CCc2cc(OCc3ccc(C4CCCCC4)c(F)c3)ccc21)C(=O)OC(C)(C)C.OCc1ccc(C2CCCCC2)c(F)c1. The molecule has 4 amide bonds. The van der Waals surface area contributed by atoms with Crippen molar-refractivity contribution in [2.24, 2.45) is 0 Å². The number of phenolic OH excluding ortho intramolecular Hbond substituents is 1. The van der Waals surface area contributed by atoms with Crippen molar-refractivity contribution in [3.05, 3.63) is 118 Å². The molecule has 17 nitrogen and oxygen atoms in total. The number of hydrogen-bond acceptors (Lipinski definition) is 13. The molecule has 0 aromatic heterocycles. The number of benzene rings is 4. The highest BCUT2D eigenvalue weighted by Gasteiger charge is 2.33. The fourth-order valence-corrected chi connectivity index (χ4v) is 11.2. The molecule has 4 aliphatic rings. The van der Waals surface area contributed by atoms with E-state index in [1.165, 1.54) is 47.6 Å². The minimum atomic E-state index is -0.760. The van der Waals surface area contributed by atoms with Gasteiger partial charge in [0.15, 0.2) is 0 Å². The molecule has 2 fully saturated rings. The van der Waals surface area contributed by atoms with Crippen molar-refractivity contribution in [3.63, 3.8) is 0 Å². The first-order chi connectivity index (χ1) is 41.7. The van der Waals surface area contributed by atoms with Crippen LogP contribution in [0.5, 0.6) is 11.5 Å². The number of hydrogen-bond donors (Lipinski definition) is 2. The quantitative estimate of drug-likeness (QED) is 0.0793. The van der Waals surface area contributed by atoms with Gasteiger partial charge < -0.3 is 43.7 Å². The summed E-state index contributed by atoms with van der Waals surface area (Å²) in [6, 6.07) is 21.0. The van der Waals surface area contributed by atoms with Gasteiger partial charge in [0.2, 0.25) is 11.8 Å². The van der Waals surface area contributed by atoms with Crippen LogP contribution in [0.4, 0.5) is 29.7 Å². The molecule has 0 spiro atoms. The van der Waals surface area contributed by atoms with E-state index >= 15 is 0 Å². The lowest BCUT2D eigenvalue weighted by Crippen LogP contribution is -2.45. The Balaban J connectivity index is 0.000000240. The van der Waals surface area contributed by atoms with Crippen molar-refractivity contribution < 1.29 is 71.4 Å². The van der Waals surface area contributed by atoms with Crippen LogP contribution < -0.4 is 14.5 Å². The van der Waals surface area contributed by atoms with Crippen molar-refractivity contribution in [2.75, 3.05) is 49.1 Å². The first kappa shape index (κ1) is 70.8. The molecule has 4 aromatic carbocycles. The van der Waals surface area contributed by atoms with E-state index < -0.39 is 46.5 Å². The highest BCUT2D eigenvalue weighted by Crippen LogP contribution is 2.37. The molecule has 0 bridgehead atoms. The van der Waals surface area contributed by atoms with E-state index in [0.717, 1.165) is 72.0 Å². The number of fused-ring (bicyclic) bond motifs is 2. The number of halogens is 2. The fraction of sp³-hybridized carbons (Fsp3) is 0.571. The topological polar surface area (TPSA) is 202 Å². The maximum atomic E-state index is 14.9. The monoisotopic (exact) mass is 1240 g/mol. The number of rotatable bonds is 16. The van der Waals surface area contributed by atoms with Crippen LogP contribution in [-0.4, -0.2) is 118 Å². The fourth-order valence-electron chi connectivity index (χ4n) is 11.2. The molecule has 2 aliphatic carbocycles. The van der Waals surface area contributed by atoms with Crippen LogP contribution >= 0.6 is 0 Å². The maximum Gasteiger partial charge on any atom is 0.410 e. The summed E-state index contributed by atoms with van der Waals surface area (Å²) in [5.41, 5.74) is 3.60. The number of aromatic hydroxyl groups is 1. The molecule has 2 N–H and O–H groups in total. The van der Waals surface area contributed by atoms with Gasteiger partial charge in [-0.2, -0.15) is 0 Å². The predicted octanol–water partition coefficient (Wildman–Crippen LogP) is 13.9. The van der Waals surface area contributed by atoms with E-state index in [1.54, 1.807) is 117 Å². The van der Waals surface area contributed by atoms with Crippen LogP contribution in [0.15, 0.2) is 72.8 Å². The Hall–Kier alpha value is -7.28. The van der Waals surface area contributed by atoms with Crippen molar-refractivity contribution in [1.29, 1.82) is 0 Å². The molecule has 2 aliphatic heterocycles. The number of aliphatic hydroxyl groups excluding tert-OH is 1. The summed E-state index contributed by atoms with van der Waals surface area (Å²) >= 11 is 0. The van der Waals surface area contributed by atoms with E-state index in [4.69, 9.17) is 28.8 Å². The zero-order valence-electron chi connectivity index (χ0n) is 54.6. The summed E-state index contributed by atoms with van der Waals surface area (Å²) in [7, 11) is 0. The standard InChI is InChI=1S/C35H47FN2O6.C22H32N2O6.C13H17FO/c1-34(2,3)43-32(40)17-18-37(33(41)44-35(4,5)6)22-31(39)38-19-16-26-21-27(13-15-30(26)38)42-23-24-12-14-28(29(36)20-24)25-10-8-7-9-11-25;1-21(2,3)29-19(27)10-11-23(20(28)30-22(4,5)6)14-18(26)24-12-9-15-13-16(25)7-8-17(15)24;14-13-8-10(9-15)6-7-12(13)11-4-2-1-3-5-11/h12-15,20-21,25H,7-11,16-19,22-23H2,1-6H3;7-8,13,25H,9-12,14H2,1-6H3;6-8,11,15H,1-5,9H2. The number of aliphatic hydroxyl groups is 1. The van der Waals surface area contributed by atoms with Crippen molar-refractivity contribution in [3.8, 4) is 11.5 Å². The molecule has 2 saturated carbocycles. The van der Waals surface area contributed by atoms with Crippen LogP contribution in [0.2, 0.25) is 0 Å². The summed E-state index contributed by atoms with van der Waals surface area (Å²) in [6.07, 6.45) is 11.4. The molecule has 2 heterocycles. The van der Waals surface area contributed by atoms with Gasteiger partial charge in [0, 0.05) is 37.6 Å². The van der Waals surface area contributed by atoms with Crippen LogP contribution in [0.1, 0.15) is 205 Å². The molecular formula is C70H96F2N4O13. The van der Waals surface area contributed by atoms with Crippen molar-refractivity contribution >= 4 is 47.3 Å².